The zero-order chi connectivity index (χ0) is 19.7. The number of aryl methyl sites for hydroxylation is 1. The lowest BCUT2D eigenvalue weighted by molar-refractivity contribution is -0.134. The summed E-state index contributed by atoms with van der Waals surface area (Å²) in [7, 11) is 0. The maximum absolute atomic E-state index is 12.8. The van der Waals surface area contributed by atoms with Crippen LogP contribution in [0, 0.1) is 13.8 Å². The Morgan fingerprint density at radius 1 is 1.11 bits per heavy atom. The van der Waals surface area contributed by atoms with Crippen LogP contribution in [0.15, 0.2) is 53.3 Å². The normalized spacial score (nSPS) is 13.3. The Balaban J connectivity index is 1.48. The second-order valence-corrected chi connectivity index (χ2v) is 7.10. The Labute approximate surface area is 163 Å². The highest BCUT2D eigenvalue weighted by molar-refractivity contribution is 5.78. The van der Waals surface area contributed by atoms with Crippen LogP contribution in [0.25, 0.3) is 5.69 Å². The van der Waals surface area contributed by atoms with Crippen molar-refractivity contribution in [3.63, 3.8) is 0 Å². The molecule has 1 aliphatic rings. The Bertz CT molecular complexity index is 1070. The predicted octanol–water partition coefficient (Wildman–Crippen LogP) is 2.75. The number of benzene rings is 2. The second kappa shape index (κ2) is 7.38. The summed E-state index contributed by atoms with van der Waals surface area (Å²) in [5, 5.41) is 3.18. The van der Waals surface area contributed by atoms with E-state index in [0.717, 1.165) is 28.3 Å². The number of fused-ring (bicyclic) bond motifs is 1. The van der Waals surface area contributed by atoms with Crippen LogP contribution in [-0.4, -0.2) is 33.7 Å². The van der Waals surface area contributed by atoms with Crippen LogP contribution >= 0.6 is 0 Å². The summed E-state index contributed by atoms with van der Waals surface area (Å²) in [6, 6.07) is 15.3. The van der Waals surface area contributed by atoms with Gasteiger partial charge in [-0.2, -0.15) is 0 Å². The highest BCUT2D eigenvalue weighted by Gasteiger charge is 2.26. The monoisotopic (exact) mass is 377 g/mol. The van der Waals surface area contributed by atoms with Crippen LogP contribution in [-0.2, 0) is 17.8 Å². The number of hydrogen-bond donors (Lipinski definition) is 1. The Kier molecular flexibility index (Phi) is 4.77. The Hall–Kier alpha value is -3.28. The van der Waals surface area contributed by atoms with Gasteiger partial charge in [0.1, 0.15) is 5.75 Å². The first-order valence-electron chi connectivity index (χ1n) is 9.39. The number of amides is 1. The predicted molar refractivity (Wildman–Crippen MR) is 107 cm³/mol. The molecule has 0 atom stereocenters. The van der Waals surface area contributed by atoms with Gasteiger partial charge in [0.05, 0.1) is 17.8 Å². The van der Waals surface area contributed by atoms with E-state index in [4.69, 9.17) is 4.74 Å². The zero-order valence-electron chi connectivity index (χ0n) is 16.1. The molecular weight excluding hydrogens is 354 g/mol. The van der Waals surface area contributed by atoms with Crippen LogP contribution in [0.3, 0.4) is 0 Å². The highest BCUT2D eigenvalue weighted by atomic mass is 16.5. The molecule has 0 saturated carbocycles. The van der Waals surface area contributed by atoms with E-state index < -0.39 is 0 Å². The summed E-state index contributed by atoms with van der Waals surface area (Å²) in [4.78, 5) is 27.1. The summed E-state index contributed by atoms with van der Waals surface area (Å²) >= 11 is 0. The van der Waals surface area contributed by atoms with Crippen molar-refractivity contribution in [1.82, 2.24) is 14.7 Å². The molecule has 3 aromatic rings. The summed E-state index contributed by atoms with van der Waals surface area (Å²) < 4.78 is 7.29. The van der Waals surface area contributed by atoms with Gasteiger partial charge in [0.25, 0.3) is 11.5 Å². The van der Waals surface area contributed by atoms with Crippen LogP contribution in [0.1, 0.15) is 22.4 Å². The molecular formula is C22H23N3O3. The minimum Gasteiger partial charge on any atom is -0.483 e. The van der Waals surface area contributed by atoms with Gasteiger partial charge in [-0.15, -0.1) is 0 Å². The molecule has 2 heterocycles. The van der Waals surface area contributed by atoms with E-state index in [0.29, 0.717) is 25.1 Å². The topological polar surface area (TPSA) is 67.3 Å². The van der Waals surface area contributed by atoms with Gasteiger partial charge in [-0.25, -0.2) is 4.68 Å². The summed E-state index contributed by atoms with van der Waals surface area (Å²) in [6.45, 7) is 4.83. The van der Waals surface area contributed by atoms with Crippen molar-refractivity contribution in [2.45, 2.75) is 26.8 Å². The minimum absolute atomic E-state index is 0.0308. The van der Waals surface area contributed by atoms with Crippen LogP contribution in [0.4, 0.5) is 0 Å². The number of ether oxygens (including phenoxy) is 1. The number of H-pyrrole nitrogens is 1. The van der Waals surface area contributed by atoms with Gasteiger partial charge in [0.15, 0.2) is 6.61 Å². The molecule has 1 N–H and O–H groups in total. The lowest BCUT2D eigenvalue weighted by Gasteiger charge is -2.26. The van der Waals surface area contributed by atoms with Gasteiger partial charge in [-0.1, -0.05) is 30.3 Å². The SMILES string of the molecule is Cc1cccc(OCC(=O)N2CCc3[nH]n(-c4ccccc4)c(=O)c3C2)c1C. The molecule has 1 aliphatic heterocycles. The maximum Gasteiger partial charge on any atom is 0.276 e. The number of nitrogens with zero attached hydrogens (tertiary/aromatic N) is 2. The van der Waals surface area contributed by atoms with Gasteiger partial charge >= 0.3 is 0 Å². The van der Waals surface area contributed by atoms with E-state index in [1.54, 1.807) is 9.58 Å². The number of aromatic amines is 1. The van der Waals surface area contributed by atoms with E-state index in [-0.39, 0.29) is 18.1 Å². The van der Waals surface area contributed by atoms with Crippen molar-refractivity contribution < 1.29 is 9.53 Å². The third-order valence-electron chi connectivity index (χ3n) is 5.33. The molecule has 0 spiro atoms. The van der Waals surface area contributed by atoms with E-state index >= 15 is 0 Å². The molecule has 0 saturated heterocycles. The molecule has 0 aliphatic carbocycles. The second-order valence-electron chi connectivity index (χ2n) is 7.10. The fraction of sp³-hybridized carbons (Fsp3) is 0.273. The summed E-state index contributed by atoms with van der Waals surface area (Å²) in [5.74, 6) is 0.609. The maximum atomic E-state index is 12.8. The van der Waals surface area contributed by atoms with Crippen LogP contribution in [0.2, 0.25) is 0 Å². The fourth-order valence-electron chi connectivity index (χ4n) is 3.49. The largest absolute Gasteiger partial charge is 0.483 e. The van der Waals surface area contributed by atoms with Gasteiger partial charge in [-0.3, -0.25) is 14.7 Å². The Morgan fingerprint density at radius 2 is 1.89 bits per heavy atom. The Morgan fingerprint density at radius 3 is 2.68 bits per heavy atom. The van der Waals surface area contributed by atoms with E-state index in [1.165, 1.54) is 0 Å². The van der Waals surface area contributed by atoms with Crippen molar-refractivity contribution in [3.05, 3.63) is 81.3 Å². The molecule has 0 radical (unpaired) electrons. The van der Waals surface area contributed by atoms with Crippen molar-refractivity contribution in [1.29, 1.82) is 0 Å². The van der Waals surface area contributed by atoms with Crippen molar-refractivity contribution in [2.75, 3.05) is 13.2 Å². The van der Waals surface area contributed by atoms with E-state index in [9.17, 15) is 9.59 Å². The van der Waals surface area contributed by atoms with Crippen molar-refractivity contribution in [3.8, 4) is 11.4 Å². The van der Waals surface area contributed by atoms with Crippen LogP contribution < -0.4 is 10.3 Å². The third-order valence-corrected chi connectivity index (χ3v) is 5.33. The third kappa shape index (κ3) is 3.33. The van der Waals surface area contributed by atoms with Gasteiger partial charge in [0, 0.05) is 18.7 Å². The quantitative estimate of drug-likeness (QED) is 0.760. The fourth-order valence-corrected chi connectivity index (χ4v) is 3.49. The number of carbonyl (C=O) groups excluding carboxylic acids is 1. The smallest absolute Gasteiger partial charge is 0.276 e. The molecule has 0 bridgehead atoms. The van der Waals surface area contributed by atoms with Crippen LogP contribution in [0.5, 0.6) is 5.75 Å². The molecule has 2 aromatic carbocycles. The van der Waals surface area contributed by atoms with Crippen molar-refractivity contribution in [2.24, 2.45) is 0 Å². The molecule has 1 aromatic heterocycles. The first-order valence-corrected chi connectivity index (χ1v) is 9.39. The van der Waals surface area contributed by atoms with Gasteiger partial charge < -0.3 is 9.64 Å². The molecule has 1 amide bonds. The number of carbonyl (C=O) groups is 1. The lowest BCUT2D eigenvalue weighted by atomic mass is 10.1. The average molecular weight is 377 g/mol. The number of rotatable bonds is 4. The van der Waals surface area contributed by atoms with Gasteiger partial charge in [0.2, 0.25) is 0 Å². The highest BCUT2D eigenvalue weighted by Crippen LogP contribution is 2.21. The molecule has 28 heavy (non-hydrogen) atoms. The number of para-hydroxylation sites is 1. The first-order chi connectivity index (χ1) is 13.5. The van der Waals surface area contributed by atoms with E-state index in [1.807, 2.05) is 62.4 Å². The number of hydrogen-bond acceptors (Lipinski definition) is 3. The molecule has 6 nitrogen and oxygen atoms in total. The lowest BCUT2D eigenvalue weighted by Crippen LogP contribution is -2.40. The molecule has 144 valence electrons. The molecule has 0 unspecified atom stereocenters. The van der Waals surface area contributed by atoms with Gasteiger partial charge in [-0.05, 0) is 43.2 Å². The number of nitrogens with one attached hydrogen (secondary N) is 1. The summed E-state index contributed by atoms with van der Waals surface area (Å²) in [6.07, 6.45) is 0.625. The molecule has 4 rings (SSSR count). The van der Waals surface area contributed by atoms with Crippen molar-refractivity contribution >= 4 is 5.91 Å². The average Bonchev–Trinajstić information content (AvgIpc) is 3.05. The minimum atomic E-state index is -0.113. The standard InChI is InChI=1S/C22H23N3O3/c1-15-7-6-10-20(16(15)2)28-14-21(26)24-12-11-19-18(13-24)22(27)25(23-19)17-8-4-3-5-9-17/h3-10,23H,11-14H2,1-2H3. The number of aromatic nitrogens is 2. The molecule has 0 fully saturated rings. The first kappa shape index (κ1) is 18.1. The molecule has 6 heteroatoms. The van der Waals surface area contributed by atoms with E-state index in [2.05, 4.69) is 5.10 Å². The summed E-state index contributed by atoms with van der Waals surface area (Å²) in [5.41, 5.74) is 4.39. The zero-order valence-corrected chi connectivity index (χ0v) is 16.1.